The van der Waals surface area contributed by atoms with Crippen molar-refractivity contribution in [2.24, 2.45) is 0 Å². The van der Waals surface area contributed by atoms with Crippen molar-refractivity contribution in [3.05, 3.63) is 33.9 Å². The van der Waals surface area contributed by atoms with Gasteiger partial charge in [0.1, 0.15) is 5.69 Å². The monoisotopic (exact) mass is 404 g/mol. The fraction of sp³-hybridized carbons (Fsp3) is 0.588. The van der Waals surface area contributed by atoms with Gasteiger partial charge in [-0.3, -0.25) is 19.8 Å². The van der Waals surface area contributed by atoms with Gasteiger partial charge in [0.05, 0.1) is 29.2 Å². The van der Waals surface area contributed by atoms with E-state index in [-0.39, 0.29) is 43.4 Å². The molecule has 8 nitrogen and oxygen atoms in total. The second-order valence-corrected chi connectivity index (χ2v) is 6.71. The van der Waals surface area contributed by atoms with Gasteiger partial charge in [0.2, 0.25) is 5.91 Å². The SMILES string of the molecule is C[C@@H]1CN(CC(=O)NCCNc2ccc(C(F)(F)F)cc2[N+](=O)[O-])C[C@H](C)O1. The van der Waals surface area contributed by atoms with Crippen LogP contribution in [0.3, 0.4) is 0 Å². The van der Waals surface area contributed by atoms with Gasteiger partial charge in [0, 0.05) is 32.2 Å². The average Bonchev–Trinajstić information content (AvgIpc) is 2.56. The number of alkyl halides is 3. The van der Waals surface area contributed by atoms with Crippen LogP contribution in [0.25, 0.3) is 0 Å². The fourth-order valence-electron chi connectivity index (χ4n) is 3.08. The number of nitro benzene ring substituents is 1. The lowest BCUT2D eigenvalue weighted by molar-refractivity contribution is -0.384. The zero-order valence-electron chi connectivity index (χ0n) is 15.6. The van der Waals surface area contributed by atoms with E-state index >= 15 is 0 Å². The van der Waals surface area contributed by atoms with E-state index in [0.717, 1.165) is 12.1 Å². The zero-order valence-corrected chi connectivity index (χ0v) is 15.6. The number of carbonyl (C=O) groups excluding carboxylic acids is 1. The molecule has 11 heteroatoms. The molecule has 28 heavy (non-hydrogen) atoms. The number of morpholine rings is 1. The number of benzene rings is 1. The highest BCUT2D eigenvalue weighted by Crippen LogP contribution is 2.34. The van der Waals surface area contributed by atoms with Crippen LogP contribution >= 0.6 is 0 Å². The van der Waals surface area contributed by atoms with Crippen LogP contribution in [0.2, 0.25) is 0 Å². The largest absolute Gasteiger partial charge is 0.416 e. The molecule has 1 aliphatic rings. The van der Waals surface area contributed by atoms with Crippen LogP contribution in [0, 0.1) is 10.1 Å². The number of nitrogens with one attached hydrogen (secondary N) is 2. The summed E-state index contributed by atoms with van der Waals surface area (Å²) >= 11 is 0. The molecule has 1 heterocycles. The Morgan fingerprint density at radius 1 is 1.29 bits per heavy atom. The summed E-state index contributed by atoms with van der Waals surface area (Å²) in [6.07, 6.45) is -4.58. The van der Waals surface area contributed by atoms with Crippen LogP contribution in [-0.4, -0.2) is 60.7 Å². The van der Waals surface area contributed by atoms with E-state index in [0.29, 0.717) is 19.2 Å². The molecule has 1 aromatic carbocycles. The lowest BCUT2D eigenvalue weighted by Crippen LogP contribution is -2.49. The Balaban J connectivity index is 1.83. The second-order valence-electron chi connectivity index (χ2n) is 6.71. The van der Waals surface area contributed by atoms with Gasteiger partial charge in [0.25, 0.3) is 5.69 Å². The molecule has 0 saturated carbocycles. The highest BCUT2D eigenvalue weighted by molar-refractivity contribution is 5.78. The van der Waals surface area contributed by atoms with Gasteiger partial charge in [-0.15, -0.1) is 0 Å². The molecule has 0 aliphatic carbocycles. The summed E-state index contributed by atoms with van der Waals surface area (Å²) in [5.74, 6) is -0.204. The quantitative estimate of drug-likeness (QED) is 0.411. The Hall–Kier alpha value is -2.40. The number of nitro groups is 1. The Morgan fingerprint density at radius 3 is 2.50 bits per heavy atom. The predicted molar refractivity (Wildman–Crippen MR) is 96.0 cm³/mol. The number of nitrogens with zero attached hydrogens (tertiary/aromatic N) is 2. The summed E-state index contributed by atoms with van der Waals surface area (Å²) in [6.45, 7) is 5.67. The summed E-state index contributed by atoms with van der Waals surface area (Å²) in [4.78, 5) is 24.1. The van der Waals surface area contributed by atoms with Gasteiger partial charge < -0.3 is 15.4 Å². The van der Waals surface area contributed by atoms with Crippen molar-refractivity contribution in [3.8, 4) is 0 Å². The number of hydrogen-bond acceptors (Lipinski definition) is 6. The maximum absolute atomic E-state index is 12.7. The first kappa shape index (κ1) is 21.9. The van der Waals surface area contributed by atoms with Crippen LogP contribution in [-0.2, 0) is 15.7 Å². The van der Waals surface area contributed by atoms with E-state index in [1.807, 2.05) is 18.7 Å². The van der Waals surface area contributed by atoms with Gasteiger partial charge in [-0.2, -0.15) is 13.2 Å². The minimum absolute atomic E-state index is 0.0388. The van der Waals surface area contributed by atoms with Crippen molar-refractivity contribution in [2.45, 2.75) is 32.2 Å². The molecule has 0 aromatic heterocycles. The first-order chi connectivity index (χ1) is 13.1. The first-order valence-corrected chi connectivity index (χ1v) is 8.80. The molecular formula is C17H23F3N4O4. The van der Waals surface area contributed by atoms with Crippen molar-refractivity contribution >= 4 is 17.3 Å². The van der Waals surface area contributed by atoms with Crippen LogP contribution in [0.15, 0.2) is 18.2 Å². The molecule has 1 saturated heterocycles. The van der Waals surface area contributed by atoms with Crippen molar-refractivity contribution < 1.29 is 27.6 Å². The van der Waals surface area contributed by atoms with Gasteiger partial charge in [-0.1, -0.05) is 0 Å². The Morgan fingerprint density at radius 2 is 1.93 bits per heavy atom. The van der Waals surface area contributed by atoms with E-state index in [4.69, 9.17) is 4.74 Å². The topological polar surface area (TPSA) is 96.7 Å². The molecule has 1 amide bonds. The molecule has 1 aliphatic heterocycles. The fourth-order valence-corrected chi connectivity index (χ4v) is 3.08. The van der Waals surface area contributed by atoms with E-state index < -0.39 is 22.4 Å². The Kier molecular flexibility index (Phi) is 7.19. The molecule has 0 spiro atoms. The van der Waals surface area contributed by atoms with E-state index in [2.05, 4.69) is 10.6 Å². The number of hydrogen-bond donors (Lipinski definition) is 2. The van der Waals surface area contributed by atoms with Crippen molar-refractivity contribution in [2.75, 3.05) is 38.0 Å². The summed E-state index contributed by atoms with van der Waals surface area (Å²) in [7, 11) is 0. The molecular weight excluding hydrogens is 381 g/mol. The van der Waals surface area contributed by atoms with Gasteiger partial charge >= 0.3 is 6.18 Å². The van der Waals surface area contributed by atoms with Gasteiger partial charge in [0.15, 0.2) is 0 Å². The number of ether oxygens (including phenoxy) is 1. The molecule has 1 aromatic rings. The van der Waals surface area contributed by atoms with Gasteiger partial charge in [-0.25, -0.2) is 0 Å². The molecule has 0 unspecified atom stereocenters. The number of carbonyl (C=O) groups is 1. The molecule has 2 atom stereocenters. The molecule has 0 bridgehead atoms. The molecule has 0 radical (unpaired) electrons. The number of amides is 1. The highest BCUT2D eigenvalue weighted by Gasteiger charge is 2.33. The Labute approximate surface area is 160 Å². The van der Waals surface area contributed by atoms with Crippen LogP contribution in [0.4, 0.5) is 24.5 Å². The molecule has 2 N–H and O–H groups in total. The lowest BCUT2D eigenvalue weighted by atomic mass is 10.1. The third-order valence-corrected chi connectivity index (χ3v) is 4.15. The van der Waals surface area contributed by atoms with Gasteiger partial charge in [-0.05, 0) is 26.0 Å². The van der Waals surface area contributed by atoms with Crippen LogP contribution in [0.1, 0.15) is 19.4 Å². The summed E-state index contributed by atoms with van der Waals surface area (Å²) in [5.41, 5.74) is -1.80. The van der Waals surface area contributed by atoms with Crippen molar-refractivity contribution in [3.63, 3.8) is 0 Å². The molecule has 2 rings (SSSR count). The Bertz CT molecular complexity index is 704. The highest BCUT2D eigenvalue weighted by atomic mass is 19.4. The maximum atomic E-state index is 12.7. The third-order valence-electron chi connectivity index (χ3n) is 4.15. The molecule has 156 valence electrons. The minimum atomic E-state index is -4.66. The third kappa shape index (κ3) is 6.34. The smallest absolute Gasteiger partial charge is 0.378 e. The second kappa shape index (κ2) is 9.20. The van der Waals surface area contributed by atoms with E-state index in [1.54, 1.807) is 0 Å². The first-order valence-electron chi connectivity index (χ1n) is 8.80. The van der Waals surface area contributed by atoms with Crippen molar-refractivity contribution in [1.82, 2.24) is 10.2 Å². The number of anilines is 1. The van der Waals surface area contributed by atoms with Crippen LogP contribution < -0.4 is 10.6 Å². The number of rotatable bonds is 7. The normalized spacial score (nSPS) is 20.6. The average molecular weight is 404 g/mol. The zero-order chi connectivity index (χ0) is 20.9. The predicted octanol–water partition coefficient (Wildman–Crippen LogP) is 2.25. The molecule has 1 fully saturated rings. The maximum Gasteiger partial charge on any atom is 0.416 e. The van der Waals surface area contributed by atoms with Crippen molar-refractivity contribution in [1.29, 1.82) is 0 Å². The lowest BCUT2D eigenvalue weighted by Gasteiger charge is -2.34. The van der Waals surface area contributed by atoms with E-state index in [1.165, 1.54) is 0 Å². The van der Waals surface area contributed by atoms with E-state index in [9.17, 15) is 28.1 Å². The summed E-state index contributed by atoms with van der Waals surface area (Å²) < 4.78 is 43.7. The standard InChI is InChI=1S/C17H23F3N4O4/c1-11-8-23(9-12(2)28-11)10-16(25)22-6-5-21-14-4-3-13(17(18,19)20)7-15(14)24(26)27/h3-4,7,11-12,21H,5-6,8-10H2,1-2H3,(H,22,25)/t11-,12+. The summed E-state index contributed by atoms with van der Waals surface area (Å²) in [5, 5.41) is 16.4. The van der Waals surface area contributed by atoms with Crippen LogP contribution in [0.5, 0.6) is 0 Å². The summed E-state index contributed by atoms with van der Waals surface area (Å²) in [6, 6.07) is 2.27. The minimum Gasteiger partial charge on any atom is -0.378 e. The number of halogens is 3.